The van der Waals surface area contributed by atoms with Gasteiger partial charge >= 0.3 is 0 Å². The highest BCUT2D eigenvalue weighted by Gasteiger charge is 2.12. The van der Waals surface area contributed by atoms with E-state index in [9.17, 15) is 9.47 Å². The van der Waals surface area contributed by atoms with Crippen LogP contribution in [0.4, 0.5) is 17.5 Å². The molecule has 4 rings (SSSR count). The summed E-state index contributed by atoms with van der Waals surface area (Å²) in [5.41, 5.74) is 3.89. The zero-order chi connectivity index (χ0) is 25.5. The summed E-state index contributed by atoms with van der Waals surface area (Å²) in [5.74, 6) is 1.74. The molecule has 0 aliphatic heterocycles. The molecule has 1 unspecified atom stereocenters. The molecule has 1 atom stereocenters. The summed E-state index contributed by atoms with van der Waals surface area (Å²) < 4.78 is 25.5. The molecule has 0 aliphatic rings. The van der Waals surface area contributed by atoms with Crippen molar-refractivity contribution in [2.75, 3.05) is 23.5 Å². The normalized spacial score (nSPS) is 12.2. The number of aromatic nitrogens is 2. The highest BCUT2D eigenvalue weighted by Crippen LogP contribution is 2.30. The van der Waals surface area contributed by atoms with E-state index in [-0.39, 0.29) is 0 Å². The number of benzene rings is 3. The lowest BCUT2D eigenvalue weighted by molar-refractivity contribution is 0.340. The Morgan fingerprint density at radius 1 is 1.08 bits per heavy atom. The molecule has 3 N–H and O–H groups in total. The molecule has 4 aromatic rings. The van der Waals surface area contributed by atoms with Crippen molar-refractivity contribution in [1.82, 2.24) is 9.97 Å². The van der Waals surface area contributed by atoms with Gasteiger partial charge in [-0.2, -0.15) is 10.2 Å². The number of ether oxygens (including phenoxy) is 1. The van der Waals surface area contributed by atoms with Crippen LogP contribution >= 0.6 is 0 Å². The maximum atomic E-state index is 12.1. The summed E-state index contributed by atoms with van der Waals surface area (Å²) in [6, 6.07) is 24.1. The van der Waals surface area contributed by atoms with Gasteiger partial charge in [-0.05, 0) is 60.5 Å². The SMILES string of the molecule is CCOc1ccc(-c2cnc(Nc3cccc(S(C)(=N)=O)c3)nc2NCc2cccc(C#N)c2)cc1. The third kappa shape index (κ3) is 6.17. The van der Waals surface area contributed by atoms with Gasteiger partial charge in [0.15, 0.2) is 0 Å². The number of anilines is 3. The molecule has 0 saturated heterocycles. The van der Waals surface area contributed by atoms with E-state index < -0.39 is 9.73 Å². The molecule has 0 radical (unpaired) electrons. The van der Waals surface area contributed by atoms with Crippen LogP contribution in [0.1, 0.15) is 18.1 Å². The topological polar surface area (TPSA) is 124 Å². The molecule has 36 heavy (non-hydrogen) atoms. The standard InChI is InChI=1S/C27H26N6O2S/c1-3-35-23-12-10-21(11-13-23)25-18-31-27(32-22-8-5-9-24(15-22)36(2,29)34)33-26(25)30-17-20-7-4-6-19(14-20)16-28/h4-15,18,29H,3,17H2,1-2H3,(H2,30,31,32,33). The molecule has 3 aromatic carbocycles. The summed E-state index contributed by atoms with van der Waals surface area (Å²) in [6.07, 6.45) is 3.12. The minimum Gasteiger partial charge on any atom is -0.494 e. The van der Waals surface area contributed by atoms with Gasteiger partial charge in [-0.3, -0.25) is 0 Å². The van der Waals surface area contributed by atoms with Crippen molar-refractivity contribution in [3.05, 3.63) is 90.1 Å². The van der Waals surface area contributed by atoms with E-state index in [1.807, 2.05) is 49.4 Å². The Morgan fingerprint density at radius 3 is 2.58 bits per heavy atom. The fourth-order valence-electron chi connectivity index (χ4n) is 3.57. The zero-order valence-corrected chi connectivity index (χ0v) is 20.8. The molecule has 0 spiro atoms. The number of hydrogen-bond acceptors (Lipinski definition) is 8. The van der Waals surface area contributed by atoms with Crippen molar-refractivity contribution in [1.29, 1.82) is 10.0 Å². The lowest BCUT2D eigenvalue weighted by atomic mass is 10.1. The predicted molar refractivity (Wildman–Crippen MR) is 142 cm³/mol. The molecular formula is C27H26N6O2S. The second kappa shape index (κ2) is 10.9. The van der Waals surface area contributed by atoms with E-state index in [1.165, 1.54) is 6.26 Å². The van der Waals surface area contributed by atoms with E-state index >= 15 is 0 Å². The number of nitrogens with zero attached hydrogens (tertiary/aromatic N) is 3. The fraction of sp³-hybridized carbons (Fsp3) is 0.148. The third-order valence-corrected chi connectivity index (χ3v) is 6.47. The molecule has 9 heteroatoms. The molecule has 182 valence electrons. The second-order valence-corrected chi connectivity index (χ2v) is 10.2. The van der Waals surface area contributed by atoms with E-state index in [0.29, 0.717) is 41.1 Å². The highest BCUT2D eigenvalue weighted by molar-refractivity contribution is 7.91. The minimum absolute atomic E-state index is 0.350. The Labute approximate surface area is 211 Å². The van der Waals surface area contributed by atoms with Gasteiger partial charge in [-0.15, -0.1) is 0 Å². The molecule has 1 aromatic heterocycles. The first-order chi connectivity index (χ1) is 17.4. The van der Waals surface area contributed by atoms with Crippen LogP contribution in [0.15, 0.2) is 83.9 Å². The molecule has 0 saturated carbocycles. The molecule has 0 amide bonds. The van der Waals surface area contributed by atoms with E-state index in [0.717, 1.165) is 22.4 Å². The van der Waals surface area contributed by atoms with E-state index in [4.69, 9.17) is 14.5 Å². The Kier molecular flexibility index (Phi) is 7.47. The summed E-state index contributed by atoms with van der Waals surface area (Å²) in [6.45, 7) is 2.99. The first kappa shape index (κ1) is 24.7. The largest absolute Gasteiger partial charge is 0.494 e. The monoisotopic (exact) mass is 498 g/mol. The second-order valence-electron chi connectivity index (χ2n) is 8.08. The van der Waals surface area contributed by atoms with Gasteiger partial charge in [0.25, 0.3) is 0 Å². The van der Waals surface area contributed by atoms with Gasteiger partial charge in [-0.25, -0.2) is 14.0 Å². The first-order valence-corrected chi connectivity index (χ1v) is 13.3. The van der Waals surface area contributed by atoms with Crippen molar-refractivity contribution in [3.63, 3.8) is 0 Å². The van der Waals surface area contributed by atoms with Gasteiger partial charge in [0.2, 0.25) is 5.95 Å². The Bertz CT molecular complexity index is 1510. The Morgan fingerprint density at radius 2 is 1.86 bits per heavy atom. The van der Waals surface area contributed by atoms with Crippen molar-refractivity contribution in [2.24, 2.45) is 0 Å². The lowest BCUT2D eigenvalue weighted by Gasteiger charge is -2.14. The third-order valence-electron chi connectivity index (χ3n) is 5.32. The average Bonchev–Trinajstić information content (AvgIpc) is 2.88. The van der Waals surface area contributed by atoms with Gasteiger partial charge in [0.1, 0.15) is 11.6 Å². The van der Waals surface area contributed by atoms with Gasteiger partial charge in [0, 0.05) is 35.1 Å². The van der Waals surface area contributed by atoms with Gasteiger partial charge in [-0.1, -0.05) is 30.3 Å². The lowest BCUT2D eigenvalue weighted by Crippen LogP contribution is -2.07. The smallest absolute Gasteiger partial charge is 0.229 e. The first-order valence-electron chi connectivity index (χ1n) is 11.3. The van der Waals surface area contributed by atoms with Crippen molar-refractivity contribution in [2.45, 2.75) is 18.4 Å². The van der Waals surface area contributed by atoms with Crippen molar-refractivity contribution >= 4 is 27.2 Å². The number of nitriles is 1. The molecule has 0 bridgehead atoms. The van der Waals surface area contributed by atoms with Crippen LogP contribution in [0, 0.1) is 16.1 Å². The van der Waals surface area contributed by atoms with Crippen LogP contribution in [0.5, 0.6) is 5.75 Å². The number of rotatable bonds is 9. The fourth-order valence-corrected chi connectivity index (χ4v) is 4.26. The molecule has 0 fully saturated rings. The van der Waals surface area contributed by atoms with Crippen LogP contribution in [-0.4, -0.2) is 27.0 Å². The van der Waals surface area contributed by atoms with Crippen LogP contribution in [0.25, 0.3) is 11.1 Å². The number of nitrogens with one attached hydrogen (secondary N) is 3. The van der Waals surface area contributed by atoms with Crippen LogP contribution in [0.3, 0.4) is 0 Å². The molecule has 8 nitrogen and oxygen atoms in total. The van der Waals surface area contributed by atoms with Gasteiger partial charge < -0.3 is 15.4 Å². The maximum Gasteiger partial charge on any atom is 0.229 e. The zero-order valence-electron chi connectivity index (χ0n) is 20.0. The predicted octanol–water partition coefficient (Wildman–Crippen LogP) is 5.81. The van der Waals surface area contributed by atoms with Crippen molar-refractivity contribution in [3.8, 4) is 22.9 Å². The quantitative estimate of drug-likeness (QED) is 0.266. The molecular weight excluding hydrogens is 472 g/mol. The number of hydrogen-bond donors (Lipinski definition) is 3. The molecule has 0 aliphatic carbocycles. The van der Waals surface area contributed by atoms with Crippen LogP contribution in [0.2, 0.25) is 0 Å². The average molecular weight is 499 g/mol. The van der Waals surface area contributed by atoms with E-state index in [1.54, 1.807) is 36.5 Å². The van der Waals surface area contributed by atoms with Crippen LogP contribution < -0.4 is 15.4 Å². The summed E-state index contributed by atoms with van der Waals surface area (Å²) >= 11 is 0. The van der Waals surface area contributed by atoms with E-state index in [2.05, 4.69) is 21.7 Å². The summed E-state index contributed by atoms with van der Waals surface area (Å²) in [5, 5.41) is 15.7. The summed E-state index contributed by atoms with van der Waals surface area (Å²) in [7, 11) is -2.85. The van der Waals surface area contributed by atoms with Gasteiger partial charge in [0.05, 0.1) is 28.0 Å². The Hall–Kier alpha value is -4.42. The van der Waals surface area contributed by atoms with Crippen molar-refractivity contribution < 1.29 is 8.95 Å². The minimum atomic E-state index is -2.85. The Balaban J connectivity index is 1.66. The van der Waals surface area contributed by atoms with Crippen LogP contribution in [-0.2, 0) is 16.3 Å². The summed E-state index contributed by atoms with van der Waals surface area (Å²) in [4.78, 5) is 9.62. The maximum absolute atomic E-state index is 12.1. The molecule has 1 heterocycles. The highest BCUT2D eigenvalue weighted by atomic mass is 32.2.